The zero-order chi connectivity index (χ0) is 9.07. The molecular weight excluding hydrogens is 192 g/mol. The van der Waals surface area contributed by atoms with Crippen molar-refractivity contribution in [3.05, 3.63) is 0 Å². The summed E-state index contributed by atoms with van der Waals surface area (Å²) in [7, 11) is -7.52. The van der Waals surface area contributed by atoms with Crippen molar-refractivity contribution in [3.63, 3.8) is 0 Å². The van der Waals surface area contributed by atoms with E-state index in [1.54, 1.807) is 6.92 Å². The molecule has 1 atom stereocenters. The Kier molecular flexibility index (Phi) is 3.98. The lowest BCUT2D eigenvalue weighted by molar-refractivity contribution is 0.474. The zero-order valence-electron chi connectivity index (χ0n) is 5.93. The van der Waals surface area contributed by atoms with Gasteiger partial charge in [-0.2, -0.15) is 8.42 Å². The van der Waals surface area contributed by atoms with E-state index in [-0.39, 0.29) is 6.42 Å². The first-order chi connectivity index (χ1) is 4.89. The van der Waals surface area contributed by atoms with Gasteiger partial charge in [-0.1, -0.05) is 13.3 Å². The maximum absolute atomic E-state index is 10.3. The van der Waals surface area contributed by atoms with Crippen LogP contribution < -0.4 is 0 Å². The highest BCUT2D eigenvalue weighted by Gasteiger charge is 2.24. The summed E-state index contributed by atoms with van der Waals surface area (Å²) >= 11 is 0. The lowest BCUT2D eigenvalue weighted by Gasteiger charge is -2.03. The smallest absolute Gasteiger partial charge is 0.282 e. The Hall–Kier alpha value is -0.140. The molecule has 0 aromatic rings. The average molecular weight is 202 g/mol. The van der Waals surface area contributed by atoms with E-state index in [0.717, 1.165) is 0 Å². The average Bonchev–Trinajstić information content (AvgIpc) is 1.79. The van der Waals surface area contributed by atoms with Crippen molar-refractivity contribution in [1.82, 2.24) is 0 Å². The zero-order valence-corrected chi connectivity index (χ0v) is 7.64. The van der Waals surface area contributed by atoms with E-state index in [2.05, 4.69) is 0 Å². The summed E-state index contributed by atoms with van der Waals surface area (Å²) in [5.41, 5.74) is 0. The minimum atomic E-state index is -4.42. The summed E-state index contributed by atoms with van der Waals surface area (Å²) in [6, 6.07) is 0. The summed E-state index contributed by atoms with van der Waals surface area (Å²) in [6.07, 6.45) is 0.339. The fraction of sp³-hybridized carbons (Fsp3) is 1.00. The standard InChI is InChI=1S/C4H10O5S2/c1-2-3-4(10(5)6)11(7,8)9/h4,10H,2-3H2,1H3,(H,7,8,9). The second-order valence-electron chi connectivity index (χ2n) is 2.04. The van der Waals surface area contributed by atoms with E-state index in [0.29, 0.717) is 6.42 Å². The maximum atomic E-state index is 10.3. The van der Waals surface area contributed by atoms with Gasteiger partial charge in [-0.15, -0.1) is 0 Å². The molecule has 0 bridgehead atoms. The van der Waals surface area contributed by atoms with Crippen LogP contribution in [0.3, 0.4) is 0 Å². The quantitative estimate of drug-likeness (QED) is 0.479. The van der Waals surface area contributed by atoms with Crippen LogP contribution in [0, 0.1) is 0 Å². The summed E-state index contributed by atoms with van der Waals surface area (Å²) in [5, 5.41) is 0. The molecule has 0 spiro atoms. The number of rotatable bonds is 4. The van der Waals surface area contributed by atoms with Crippen LogP contribution in [0.15, 0.2) is 0 Å². The van der Waals surface area contributed by atoms with E-state index < -0.39 is 25.4 Å². The fourth-order valence-electron chi connectivity index (χ4n) is 0.610. The van der Waals surface area contributed by atoms with Gasteiger partial charge in [-0.05, 0) is 6.42 Å². The van der Waals surface area contributed by atoms with Crippen molar-refractivity contribution in [2.45, 2.75) is 24.3 Å². The molecule has 0 saturated heterocycles. The number of hydrogen-bond donors (Lipinski definition) is 2. The van der Waals surface area contributed by atoms with Crippen LogP contribution in [-0.4, -0.2) is 26.0 Å². The molecule has 11 heavy (non-hydrogen) atoms. The third-order valence-electron chi connectivity index (χ3n) is 1.11. The molecule has 1 N–H and O–H groups in total. The molecule has 0 amide bonds. The lowest BCUT2D eigenvalue weighted by atomic mass is 10.4. The van der Waals surface area contributed by atoms with Gasteiger partial charge >= 0.3 is 0 Å². The highest BCUT2D eigenvalue weighted by molar-refractivity contribution is 7.98. The van der Waals surface area contributed by atoms with Gasteiger partial charge in [0.15, 0.2) is 15.3 Å². The molecule has 1 unspecified atom stereocenters. The van der Waals surface area contributed by atoms with E-state index >= 15 is 0 Å². The summed E-state index contributed by atoms with van der Waals surface area (Å²) in [6.45, 7) is 1.64. The Balaban J connectivity index is 4.63. The maximum Gasteiger partial charge on any atom is 0.282 e. The van der Waals surface area contributed by atoms with Gasteiger partial charge in [0.1, 0.15) is 0 Å². The molecule has 5 nitrogen and oxygen atoms in total. The second-order valence-corrected chi connectivity index (χ2v) is 5.19. The third kappa shape index (κ3) is 3.68. The Morgan fingerprint density at radius 3 is 2.00 bits per heavy atom. The van der Waals surface area contributed by atoms with Gasteiger partial charge in [-0.25, -0.2) is 8.42 Å². The van der Waals surface area contributed by atoms with E-state index in [1.165, 1.54) is 0 Å². The molecule has 0 radical (unpaired) electrons. The van der Waals surface area contributed by atoms with Crippen LogP contribution in [0.5, 0.6) is 0 Å². The Labute approximate surface area is 67.1 Å². The van der Waals surface area contributed by atoms with Crippen LogP contribution in [0.2, 0.25) is 0 Å². The number of hydrogen-bond acceptors (Lipinski definition) is 4. The first-order valence-electron chi connectivity index (χ1n) is 2.99. The predicted molar refractivity (Wildman–Crippen MR) is 40.6 cm³/mol. The van der Waals surface area contributed by atoms with Gasteiger partial charge in [0.2, 0.25) is 0 Å². The van der Waals surface area contributed by atoms with Crippen LogP contribution in [-0.2, 0) is 20.8 Å². The van der Waals surface area contributed by atoms with E-state index in [4.69, 9.17) is 4.55 Å². The first-order valence-corrected chi connectivity index (χ1v) is 5.74. The molecule has 0 saturated carbocycles. The highest BCUT2D eigenvalue weighted by atomic mass is 32.3. The summed E-state index contributed by atoms with van der Waals surface area (Å²) < 4.78 is 47.9. The van der Waals surface area contributed by atoms with Gasteiger partial charge in [0.25, 0.3) is 10.1 Å². The molecule has 68 valence electrons. The minimum absolute atomic E-state index is 0.0580. The van der Waals surface area contributed by atoms with Gasteiger partial charge in [0, 0.05) is 0 Å². The lowest BCUT2D eigenvalue weighted by Crippen LogP contribution is -2.21. The van der Waals surface area contributed by atoms with Crippen LogP contribution >= 0.6 is 0 Å². The van der Waals surface area contributed by atoms with Crippen molar-refractivity contribution >= 4 is 20.8 Å². The molecule has 0 aliphatic heterocycles. The van der Waals surface area contributed by atoms with Crippen LogP contribution in [0.4, 0.5) is 0 Å². The minimum Gasteiger partial charge on any atom is -0.285 e. The SMILES string of the molecule is CCCC([SH](=O)=O)S(=O)(=O)O. The fourth-order valence-corrected chi connectivity index (χ4v) is 2.48. The second kappa shape index (κ2) is 4.03. The van der Waals surface area contributed by atoms with Gasteiger partial charge < -0.3 is 0 Å². The molecule has 0 aromatic heterocycles. The normalized spacial score (nSPS) is 15.2. The topological polar surface area (TPSA) is 88.5 Å². The van der Waals surface area contributed by atoms with Crippen LogP contribution in [0.25, 0.3) is 0 Å². The molecule has 0 rings (SSSR count). The van der Waals surface area contributed by atoms with E-state index in [9.17, 15) is 16.8 Å². The Morgan fingerprint density at radius 2 is 1.91 bits per heavy atom. The number of thiol groups is 1. The molecule has 0 aliphatic carbocycles. The molecule has 0 aromatic carbocycles. The van der Waals surface area contributed by atoms with Gasteiger partial charge in [-0.3, -0.25) is 4.55 Å². The molecule has 0 aliphatic rings. The predicted octanol–water partition coefficient (Wildman–Crippen LogP) is -0.388. The van der Waals surface area contributed by atoms with E-state index in [1.807, 2.05) is 0 Å². The molecular formula is C4H10O5S2. The van der Waals surface area contributed by atoms with Crippen molar-refractivity contribution in [2.24, 2.45) is 0 Å². The molecule has 0 heterocycles. The largest absolute Gasteiger partial charge is 0.285 e. The monoisotopic (exact) mass is 202 g/mol. The van der Waals surface area contributed by atoms with Crippen LogP contribution in [0.1, 0.15) is 19.8 Å². The van der Waals surface area contributed by atoms with Crippen molar-refractivity contribution in [3.8, 4) is 0 Å². The van der Waals surface area contributed by atoms with Crippen molar-refractivity contribution in [1.29, 1.82) is 0 Å². The van der Waals surface area contributed by atoms with Crippen molar-refractivity contribution in [2.75, 3.05) is 0 Å². The first kappa shape index (κ1) is 10.9. The third-order valence-corrected chi connectivity index (χ3v) is 4.08. The highest BCUT2D eigenvalue weighted by Crippen LogP contribution is 2.06. The Morgan fingerprint density at radius 1 is 1.45 bits per heavy atom. The molecule has 7 heteroatoms. The van der Waals surface area contributed by atoms with Crippen molar-refractivity contribution < 1.29 is 21.4 Å². The van der Waals surface area contributed by atoms with Gasteiger partial charge in [0.05, 0.1) is 0 Å². The Bertz CT molecular complexity index is 267. The molecule has 0 fully saturated rings. The summed E-state index contributed by atoms with van der Waals surface area (Å²) in [5.74, 6) is 0. The summed E-state index contributed by atoms with van der Waals surface area (Å²) in [4.78, 5) is 0.